The van der Waals surface area contributed by atoms with Crippen LogP contribution in [0.4, 0.5) is 0 Å². The van der Waals surface area contributed by atoms with E-state index in [-0.39, 0.29) is 5.91 Å². The van der Waals surface area contributed by atoms with Crippen molar-refractivity contribution in [1.29, 1.82) is 0 Å². The first kappa shape index (κ1) is 12.6. The highest BCUT2D eigenvalue weighted by molar-refractivity contribution is 9.10. The molecule has 1 aromatic heterocycles. The molecule has 1 amide bonds. The first-order chi connectivity index (χ1) is 7.91. The molecule has 0 bridgehead atoms. The quantitative estimate of drug-likeness (QED) is 0.927. The van der Waals surface area contributed by atoms with Gasteiger partial charge in [0, 0.05) is 7.05 Å². The van der Waals surface area contributed by atoms with Gasteiger partial charge in [0.2, 0.25) is 5.91 Å². The normalized spacial score (nSPS) is 18.8. The van der Waals surface area contributed by atoms with E-state index in [4.69, 9.17) is 10.2 Å². The maximum absolute atomic E-state index is 12.2. The minimum Gasteiger partial charge on any atom is -0.452 e. The third-order valence-electron chi connectivity index (χ3n) is 3.25. The van der Waals surface area contributed by atoms with E-state index in [1.54, 1.807) is 11.9 Å². The average Bonchev–Trinajstić information content (AvgIpc) is 3.03. The lowest BCUT2D eigenvalue weighted by molar-refractivity contribution is -0.136. The van der Waals surface area contributed by atoms with Gasteiger partial charge >= 0.3 is 0 Å². The van der Waals surface area contributed by atoms with E-state index in [1.807, 2.05) is 19.1 Å². The summed E-state index contributed by atoms with van der Waals surface area (Å²) in [6.07, 6.45) is 2.11. The number of rotatable bonds is 4. The fourth-order valence-corrected chi connectivity index (χ4v) is 2.35. The van der Waals surface area contributed by atoms with Crippen molar-refractivity contribution in [1.82, 2.24) is 4.90 Å². The van der Waals surface area contributed by atoms with Crippen LogP contribution in [0.15, 0.2) is 21.2 Å². The average molecular weight is 301 g/mol. The fraction of sp³-hybridized carbons (Fsp3) is 0.583. The molecular formula is C12H17BrN2O2. The Hall–Kier alpha value is -0.810. The molecule has 2 rings (SSSR count). The minimum absolute atomic E-state index is 0.0208. The Labute approximate surface area is 109 Å². The molecule has 1 atom stereocenters. The van der Waals surface area contributed by atoms with Crippen LogP contribution in [0.25, 0.3) is 0 Å². The highest BCUT2D eigenvalue weighted by Crippen LogP contribution is 2.39. The van der Waals surface area contributed by atoms with Gasteiger partial charge in [0.15, 0.2) is 4.67 Å². The molecule has 1 fully saturated rings. The lowest BCUT2D eigenvalue weighted by Crippen LogP contribution is -2.53. The molecule has 1 heterocycles. The van der Waals surface area contributed by atoms with E-state index in [0.717, 1.165) is 18.6 Å². The summed E-state index contributed by atoms with van der Waals surface area (Å²) in [7, 11) is 1.76. The van der Waals surface area contributed by atoms with Crippen molar-refractivity contribution in [2.24, 2.45) is 11.7 Å². The van der Waals surface area contributed by atoms with Gasteiger partial charge in [-0.1, -0.05) is 0 Å². The second-order valence-electron chi connectivity index (χ2n) is 4.92. The Morgan fingerprint density at radius 2 is 2.29 bits per heavy atom. The van der Waals surface area contributed by atoms with Crippen molar-refractivity contribution in [2.75, 3.05) is 7.05 Å². The highest BCUT2D eigenvalue weighted by atomic mass is 79.9. The van der Waals surface area contributed by atoms with Crippen molar-refractivity contribution >= 4 is 21.8 Å². The molecule has 1 aliphatic rings. The molecular weight excluding hydrogens is 284 g/mol. The maximum Gasteiger partial charge on any atom is 0.242 e. The minimum atomic E-state index is -0.738. The zero-order chi connectivity index (χ0) is 12.6. The largest absolute Gasteiger partial charge is 0.452 e. The van der Waals surface area contributed by atoms with Crippen molar-refractivity contribution in [3.63, 3.8) is 0 Å². The SMILES string of the molecule is CN(Cc1ccc(Br)o1)C(=O)C(C)(N)C1CC1. The molecule has 0 saturated heterocycles. The highest BCUT2D eigenvalue weighted by Gasteiger charge is 2.45. The third-order valence-corrected chi connectivity index (χ3v) is 3.68. The predicted molar refractivity (Wildman–Crippen MR) is 68.2 cm³/mol. The number of carbonyl (C=O) groups excluding carboxylic acids is 1. The maximum atomic E-state index is 12.2. The summed E-state index contributed by atoms with van der Waals surface area (Å²) in [6, 6.07) is 3.66. The van der Waals surface area contributed by atoms with Gasteiger partial charge in [-0.15, -0.1) is 0 Å². The number of amides is 1. The lowest BCUT2D eigenvalue weighted by atomic mass is 9.95. The summed E-state index contributed by atoms with van der Waals surface area (Å²) in [5, 5.41) is 0. The molecule has 5 heteroatoms. The molecule has 0 aromatic carbocycles. The van der Waals surface area contributed by atoms with Crippen LogP contribution in [-0.2, 0) is 11.3 Å². The molecule has 1 aliphatic carbocycles. The zero-order valence-corrected chi connectivity index (χ0v) is 11.7. The predicted octanol–water partition coefficient (Wildman–Crippen LogP) is 2.13. The second kappa shape index (κ2) is 4.46. The summed E-state index contributed by atoms with van der Waals surface area (Å²) < 4.78 is 6.05. The molecule has 1 saturated carbocycles. The molecule has 94 valence electrons. The van der Waals surface area contributed by atoms with Crippen LogP contribution in [0.5, 0.6) is 0 Å². The Bertz CT molecular complexity index is 424. The summed E-state index contributed by atoms with van der Waals surface area (Å²) >= 11 is 3.24. The Morgan fingerprint density at radius 1 is 1.65 bits per heavy atom. The van der Waals surface area contributed by atoms with Crippen molar-refractivity contribution < 1.29 is 9.21 Å². The molecule has 1 aromatic rings. The smallest absolute Gasteiger partial charge is 0.242 e. The van der Waals surface area contributed by atoms with Gasteiger partial charge in [0.1, 0.15) is 5.76 Å². The van der Waals surface area contributed by atoms with Gasteiger partial charge in [-0.2, -0.15) is 0 Å². The van der Waals surface area contributed by atoms with Gasteiger partial charge in [-0.25, -0.2) is 0 Å². The standard InChI is InChI=1S/C12H17BrN2O2/c1-12(14,8-3-4-8)11(16)15(2)7-9-5-6-10(13)17-9/h5-6,8H,3-4,7,14H2,1-2H3. The number of halogens is 1. The van der Waals surface area contributed by atoms with Crippen molar-refractivity contribution in [2.45, 2.75) is 31.8 Å². The molecule has 4 nitrogen and oxygen atoms in total. The fourth-order valence-electron chi connectivity index (χ4n) is 2.01. The molecule has 0 radical (unpaired) electrons. The molecule has 2 N–H and O–H groups in total. The first-order valence-electron chi connectivity index (χ1n) is 5.70. The van der Waals surface area contributed by atoms with Gasteiger partial charge in [0.25, 0.3) is 0 Å². The van der Waals surface area contributed by atoms with E-state index in [1.165, 1.54) is 0 Å². The van der Waals surface area contributed by atoms with Crippen LogP contribution >= 0.6 is 15.9 Å². The summed E-state index contributed by atoms with van der Waals surface area (Å²) in [5.74, 6) is 1.06. The van der Waals surface area contributed by atoms with Crippen LogP contribution in [0.3, 0.4) is 0 Å². The summed E-state index contributed by atoms with van der Waals surface area (Å²) in [5.41, 5.74) is 5.36. The van der Waals surface area contributed by atoms with Crippen LogP contribution < -0.4 is 5.73 Å². The van der Waals surface area contributed by atoms with Crippen LogP contribution in [0, 0.1) is 5.92 Å². The first-order valence-corrected chi connectivity index (χ1v) is 6.49. The van der Waals surface area contributed by atoms with Crippen LogP contribution in [0.1, 0.15) is 25.5 Å². The second-order valence-corrected chi connectivity index (χ2v) is 5.71. The van der Waals surface area contributed by atoms with Gasteiger partial charge in [-0.3, -0.25) is 4.79 Å². The van der Waals surface area contributed by atoms with Gasteiger partial charge < -0.3 is 15.1 Å². The number of hydrogen-bond donors (Lipinski definition) is 1. The molecule has 1 unspecified atom stereocenters. The van der Waals surface area contributed by atoms with Crippen LogP contribution in [-0.4, -0.2) is 23.4 Å². The Kier molecular flexibility index (Phi) is 3.32. The van der Waals surface area contributed by atoms with E-state index >= 15 is 0 Å². The molecule has 0 aliphatic heterocycles. The van der Waals surface area contributed by atoms with E-state index in [9.17, 15) is 4.79 Å². The van der Waals surface area contributed by atoms with Crippen molar-refractivity contribution in [3.05, 3.63) is 22.6 Å². The number of likely N-dealkylation sites (N-methyl/N-ethyl adjacent to an activating group) is 1. The number of nitrogens with two attached hydrogens (primary N) is 1. The molecule has 17 heavy (non-hydrogen) atoms. The number of nitrogens with zero attached hydrogens (tertiary/aromatic N) is 1. The van der Waals surface area contributed by atoms with E-state index in [2.05, 4.69) is 15.9 Å². The number of hydrogen-bond acceptors (Lipinski definition) is 3. The lowest BCUT2D eigenvalue weighted by Gasteiger charge is -2.28. The molecule has 0 spiro atoms. The number of furan rings is 1. The summed E-state index contributed by atoms with van der Waals surface area (Å²) in [6.45, 7) is 2.27. The Balaban J connectivity index is 1.99. The van der Waals surface area contributed by atoms with E-state index < -0.39 is 5.54 Å². The monoisotopic (exact) mass is 300 g/mol. The number of carbonyl (C=O) groups is 1. The van der Waals surface area contributed by atoms with E-state index in [0.29, 0.717) is 17.1 Å². The Morgan fingerprint density at radius 3 is 2.76 bits per heavy atom. The van der Waals surface area contributed by atoms with Gasteiger partial charge in [0.05, 0.1) is 12.1 Å². The third kappa shape index (κ3) is 2.72. The van der Waals surface area contributed by atoms with Crippen LogP contribution in [0.2, 0.25) is 0 Å². The topological polar surface area (TPSA) is 59.5 Å². The van der Waals surface area contributed by atoms with Crippen molar-refractivity contribution in [3.8, 4) is 0 Å². The van der Waals surface area contributed by atoms with Gasteiger partial charge in [-0.05, 0) is 53.7 Å². The zero-order valence-electron chi connectivity index (χ0n) is 10.1. The summed E-state index contributed by atoms with van der Waals surface area (Å²) in [4.78, 5) is 13.8.